The van der Waals surface area contributed by atoms with Gasteiger partial charge in [0.25, 0.3) is 11.8 Å². The van der Waals surface area contributed by atoms with Gasteiger partial charge in [-0.1, -0.05) is 24.6 Å². The molecule has 1 atom stereocenters. The van der Waals surface area contributed by atoms with Gasteiger partial charge in [-0.15, -0.1) is 21.5 Å². The number of carbonyl (C=O) groups is 1. The van der Waals surface area contributed by atoms with Gasteiger partial charge < -0.3 is 14.4 Å². The molecular weight excluding hydrogens is 602 g/mol. The molecule has 0 unspecified atom stereocenters. The van der Waals surface area contributed by atoms with E-state index in [9.17, 15) is 31.5 Å². The zero-order valence-corrected chi connectivity index (χ0v) is 24.3. The third-order valence-electron chi connectivity index (χ3n) is 5.69. The number of aromatic nitrogens is 3. The molecule has 1 amide bonds. The quantitative estimate of drug-likeness (QED) is 0.300. The third-order valence-corrected chi connectivity index (χ3v) is 8.63. The van der Waals surface area contributed by atoms with Crippen molar-refractivity contribution in [3.05, 3.63) is 34.6 Å². The maximum atomic E-state index is 15.4. The first-order valence-corrected chi connectivity index (χ1v) is 14.6. The number of sulfonamides is 1. The summed E-state index contributed by atoms with van der Waals surface area (Å²) in [6.07, 6.45) is -5.53. The van der Waals surface area contributed by atoms with Crippen LogP contribution in [0.3, 0.4) is 0 Å². The van der Waals surface area contributed by atoms with E-state index in [-0.39, 0.29) is 32.9 Å². The van der Waals surface area contributed by atoms with Crippen LogP contribution in [0.4, 0.5) is 17.6 Å². The molecule has 0 spiro atoms. The molecule has 2 N–H and O–H groups in total. The number of hydrogen-bond donors (Lipinski definition) is 2. The number of halogens is 5. The van der Waals surface area contributed by atoms with Crippen LogP contribution < -0.4 is 4.72 Å². The first-order chi connectivity index (χ1) is 18.5. The summed E-state index contributed by atoms with van der Waals surface area (Å²) in [5.41, 5.74) is -1.79. The Balaban J connectivity index is 2.16. The summed E-state index contributed by atoms with van der Waals surface area (Å²) in [4.78, 5) is 17.9. The molecule has 3 aromatic rings. The van der Waals surface area contributed by atoms with Gasteiger partial charge in [0, 0.05) is 18.7 Å². The molecule has 0 fully saturated rings. The van der Waals surface area contributed by atoms with Crippen LogP contribution >= 0.6 is 22.9 Å². The normalized spacial score (nSPS) is 13.5. The molecule has 2 aromatic heterocycles. The van der Waals surface area contributed by atoms with E-state index in [0.29, 0.717) is 13.1 Å². The SMILES string of the molecule is CC[C@H](NS(=O)(=O)c1ccc(-c2sc(-c3nnc(C(C)(C)O)o3)nc2C(=O)N(CC)CC)c(Cl)c1F)C(F)(F)F. The Morgan fingerprint density at radius 1 is 1.20 bits per heavy atom. The molecule has 0 radical (unpaired) electrons. The highest BCUT2D eigenvalue weighted by Gasteiger charge is 2.42. The monoisotopic (exact) mass is 627 g/mol. The van der Waals surface area contributed by atoms with Gasteiger partial charge in [0.15, 0.2) is 10.8 Å². The lowest BCUT2D eigenvalue weighted by Gasteiger charge is -2.20. The topological polar surface area (TPSA) is 139 Å². The molecule has 10 nitrogen and oxygen atoms in total. The highest BCUT2D eigenvalue weighted by Crippen LogP contribution is 2.41. The first-order valence-electron chi connectivity index (χ1n) is 11.9. The highest BCUT2D eigenvalue weighted by atomic mass is 35.5. The van der Waals surface area contributed by atoms with Gasteiger partial charge >= 0.3 is 6.18 Å². The molecule has 0 saturated carbocycles. The zero-order valence-electron chi connectivity index (χ0n) is 21.9. The van der Waals surface area contributed by atoms with Crippen LogP contribution in [0.2, 0.25) is 5.02 Å². The first kappa shape index (κ1) is 31.9. The Labute approximate surface area is 236 Å². The van der Waals surface area contributed by atoms with Crippen molar-refractivity contribution in [1.82, 2.24) is 24.8 Å². The largest absolute Gasteiger partial charge is 0.415 e. The predicted molar refractivity (Wildman–Crippen MR) is 139 cm³/mol. The van der Waals surface area contributed by atoms with Gasteiger partial charge in [-0.3, -0.25) is 4.79 Å². The molecule has 1 aromatic carbocycles. The molecule has 220 valence electrons. The summed E-state index contributed by atoms with van der Waals surface area (Å²) in [7, 11) is -4.98. The van der Waals surface area contributed by atoms with Crippen LogP contribution in [-0.2, 0) is 15.6 Å². The van der Waals surface area contributed by atoms with Crippen molar-refractivity contribution >= 4 is 38.9 Å². The van der Waals surface area contributed by atoms with Crippen molar-refractivity contribution in [2.75, 3.05) is 13.1 Å². The summed E-state index contributed by atoms with van der Waals surface area (Å²) in [5, 5.41) is 17.0. The Bertz CT molecular complexity index is 1500. The van der Waals surface area contributed by atoms with E-state index in [0.717, 1.165) is 30.4 Å². The number of aliphatic hydroxyl groups is 1. The fourth-order valence-corrected chi connectivity index (χ4v) is 6.27. The van der Waals surface area contributed by atoms with E-state index >= 15 is 4.39 Å². The van der Waals surface area contributed by atoms with E-state index in [1.54, 1.807) is 13.8 Å². The van der Waals surface area contributed by atoms with Crippen LogP contribution in [0.5, 0.6) is 0 Å². The number of hydrogen-bond acceptors (Lipinski definition) is 9. The van der Waals surface area contributed by atoms with E-state index in [2.05, 4.69) is 15.2 Å². The van der Waals surface area contributed by atoms with Gasteiger partial charge in [0.2, 0.25) is 15.9 Å². The maximum absolute atomic E-state index is 15.4. The van der Waals surface area contributed by atoms with Crippen molar-refractivity contribution in [2.24, 2.45) is 0 Å². The summed E-state index contributed by atoms with van der Waals surface area (Å²) in [6.45, 7) is 8.00. The lowest BCUT2D eigenvalue weighted by molar-refractivity contribution is -0.151. The minimum absolute atomic E-state index is 0.0254. The lowest BCUT2D eigenvalue weighted by atomic mass is 10.1. The fraction of sp³-hybridized carbons (Fsp3) is 0.478. The number of amides is 1. The minimum atomic E-state index is -4.98. The Morgan fingerprint density at radius 2 is 1.82 bits per heavy atom. The second kappa shape index (κ2) is 11.7. The van der Waals surface area contributed by atoms with Crippen LogP contribution in [0.1, 0.15) is 57.4 Å². The Morgan fingerprint density at radius 3 is 2.33 bits per heavy atom. The molecule has 40 heavy (non-hydrogen) atoms. The number of benzene rings is 1. The number of nitrogens with one attached hydrogen (secondary N) is 1. The van der Waals surface area contributed by atoms with Gasteiger partial charge in [0.05, 0.1) is 9.90 Å². The highest BCUT2D eigenvalue weighted by molar-refractivity contribution is 7.89. The van der Waals surface area contributed by atoms with Gasteiger partial charge in [-0.2, -0.15) is 17.9 Å². The molecule has 17 heteroatoms. The molecule has 0 bridgehead atoms. The van der Waals surface area contributed by atoms with Crippen LogP contribution in [-0.4, -0.2) is 64.8 Å². The number of thiazole rings is 1. The van der Waals surface area contributed by atoms with E-state index in [1.165, 1.54) is 23.5 Å². The fourth-order valence-electron chi connectivity index (χ4n) is 3.50. The standard InChI is InChI=1S/C23H26ClF4N5O5S2/c1-6-13(23(26,27)28)32-40(36,37)12-10-9-11(14(24)15(12)25)17-16(20(34)33(7-2)8-3)29-19(39-17)18-30-31-21(38-18)22(4,5)35/h9-10,13,32,35H,6-8H2,1-5H3/t13-/m0/s1. The molecule has 0 aliphatic rings. The smallest absolute Gasteiger partial charge is 0.404 e. The van der Waals surface area contributed by atoms with Crippen LogP contribution in [0.25, 0.3) is 21.3 Å². The zero-order chi connectivity index (χ0) is 30.2. The maximum Gasteiger partial charge on any atom is 0.404 e. The second-order valence-corrected chi connectivity index (χ2v) is 12.1. The molecule has 3 rings (SSSR count). The van der Waals surface area contributed by atoms with Crippen molar-refractivity contribution in [2.45, 2.75) is 63.8 Å². The summed E-state index contributed by atoms with van der Waals surface area (Å²) in [5.74, 6) is -2.36. The third kappa shape index (κ3) is 6.46. The molecule has 0 saturated heterocycles. The molecule has 2 heterocycles. The second-order valence-electron chi connectivity index (χ2n) is 9.01. The van der Waals surface area contributed by atoms with E-state index in [4.69, 9.17) is 16.0 Å². The summed E-state index contributed by atoms with van der Waals surface area (Å²) >= 11 is 7.03. The molecule has 0 aliphatic heterocycles. The number of alkyl halides is 3. The van der Waals surface area contributed by atoms with Crippen LogP contribution in [0, 0.1) is 5.82 Å². The van der Waals surface area contributed by atoms with Crippen molar-refractivity contribution < 1.29 is 40.3 Å². The average Bonchev–Trinajstić information content (AvgIpc) is 3.52. The number of carbonyl (C=O) groups excluding carboxylic acids is 1. The minimum Gasteiger partial charge on any atom is -0.415 e. The lowest BCUT2D eigenvalue weighted by Crippen LogP contribution is -2.45. The van der Waals surface area contributed by atoms with Gasteiger partial charge in [-0.25, -0.2) is 17.8 Å². The summed E-state index contributed by atoms with van der Waals surface area (Å²) < 4.78 is 87.1. The van der Waals surface area contributed by atoms with Crippen molar-refractivity contribution in [3.63, 3.8) is 0 Å². The number of nitrogens with zero attached hydrogens (tertiary/aromatic N) is 4. The van der Waals surface area contributed by atoms with Crippen molar-refractivity contribution in [3.8, 4) is 21.3 Å². The summed E-state index contributed by atoms with van der Waals surface area (Å²) in [6, 6.07) is -0.617. The van der Waals surface area contributed by atoms with Gasteiger partial charge in [0.1, 0.15) is 22.2 Å². The Hall–Kier alpha value is -2.66. The predicted octanol–water partition coefficient (Wildman–Crippen LogP) is 4.98. The van der Waals surface area contributed by atoms with Gasteiger partial charge in [-0.05, 0) is 40.2 Å². The number of rotatable bonds is 10. The average molecular weight is 628 g/mol. The Kier molecular flexibility index (Phi) is 9.30. The van der Waals surface area contributed by atoms with E-state index in [1.807, 2.05) is 0 Å². The molecular formula is C23H26ClF4N5O5S2. The van der Waals surface area contributed by atoms with E-state index < -0.39 is 55.9 Å². The van der Waals surface area contributed by atoms with Crippen molar-refractivity contribution in [1.29, 1.82) is 0 Å². The van der Waals surface area contributed by atoms with Crippen LogP contribution in [0.15, 0.2) is 21.4 Å². The molecule has 0 aliphatic carbocycles.